The van der Waals surface area contributed by atoms with Crippen LogP contribution < -0.4 is 26.2 Å². The number of anilines is 2. The van der Waals surface area contributed by atoms with E-state index >= 15 is 0 Å². The first-order chi connectivity index (χ1) is 25.5. The largest absolute Gasteiger partial charge is 0.490 e. The van der Waals surface area contributed by atoms with Gasteiger partial charge in [0, 0.05) is 75.7 Å². The quantitative estimate of drug-likeness (QED) is 0.142. The third-order valence-corrected chi connectivity index (χ3v) is 10.0. The third-order valence-electron chi connectivity index (χ3n) is 10.0. The predicted octanol–water partition coefficient (Wildman–Crippen LogP) is 4.33. The summed E-state index contributed by atoms with van der Waals surface area (Å²) in [5.74, 6) is -0.228. The molecule has 3 N–H and O–H groups in total. The number of carbonyl (C=O) groups is 4. The molecule has 15 heteroatoms. The van der Waals surface area contributed by atoms with Crippen molar-refractivity contribution < 1.29 is 28.3 Å². The van der Waals surface area contributed by atoms with E-state index in [1.807, 2.05) is 31.0 Å². The number of fused-ring (bicyclic) bond motifs is 1. The molecular weight excluding hydrogens is 683 g/mol. The Balaban J connectivity index is 0.921. The molecule has 0 spiro atoms. The van der Waals surface area contributed by atoms with Crippen molar-refractivity contribution >= 4 is 40.8 Å². The number of nitrogens with zero attached hydrogens (tertiary/aromatic N) is 5. The summed E-state index contributed by atoms with van der Waals surface area (Å²) >= 11 is 0. The maximum atomic E-state index is 13.7. The van der Waals surface area contributed by atoms with Crippen LogP contribution in [0, 0.1) is 0 Å². The first-order valence-corrected chi connectivity index (χ1v) is 18.2. The zero-order chi connectivity index (χ0) is 37.2. The van der Waals surface area contributed by atoms with Crippen LogP contribution in [-0.2, 0) is 14.4 Å². The molecule has 0 radical (unpaired) electrons. The van der Waals surface area contributed by atoms with Crippen molar-refractivity contribution in [1.82, 2.24) is 29.2 Å². The van der Waals surface area contributed by atoms with Gasteiger partial charge in [0.15, 0.2) is 0 Å². The maximum absolute atomic E-state index is 13.7. The van der Waals surface area contributed by atoms with Gasteiger partial charge in [-0.15, -0.1) is 0 Å². The van der Waals surface area contributed by atoms with E-state index in [2.05, 4.69) is 20.9 Å². The lowest BCUT2D eigenvalue weighted by molar-refractivity contribution is -0.134. The van der Waals surface area contributed by atoms with Gasteiger partial charge in [0.05, 0.1) is 29.3 Å². The number of pyridine rings is 3. The minimum absolute atomic E-state index is 0.0615. The molecule has 3 aliphatic rings. The average Bonchev–Trinajstić information content (AvgIpc) is 3.71. The van der Waals surface area contributed by atoms with Gasteiger partial charge in [-0.05, 0) is 63.3 Å². The van der Waals surface area contributed by atoms with E-state index in [0.29, 0.717) is 62.5 Å². The van der Waals surface area contributed by atoms with Gasteiger partial charge in [0.25, 0.3) is 11.5 Å². The summed E-state index contributed by atoms with van der Waals surface area (Å²) in [6, 6.07) is 7.97. The van der Waals surface area contributed by atoms with Crippen molar-refractivity contribution in [3.05, 3.63) is 82.3 Å². The fraction of sp³-hybridized carbons (Fsp3) is 0.447. The van der Waals surface area contributed by atoms with Crippen molar-refractivity contribution in [2.24, 2.45) is 0 Å². The molecule has 4 aromatic heterocycles. The molecule has 1 saturated carbocycles. The monoisotopic (exact) mass is 726 g/mol. The molecule has 0 bridgehead atoms. The lowest BCUT2D eigenvalue weighted by atomic mass is 9.92. The number of hydrogen-bond donors (Lipinski definition) is 3. The van der Waals surface area contributed by atoms with Gasteiger partial charge >= 0.3 is 0 Å². The fourth-order valence-electron chi connectivity index (χ4n) is 7.02. The molecule has 2 aliphatic heterocycles. The summed E-state index contributed by atoms with van der Waals surface area (Å²) in [6.45, 7) is 5.51. The lowest BCUT2D eigenvalue weighted by Gasteiger charge is -2.31. The van der Waals surface area contributed by atoms with Gasteiger partial charge in [0.2, 0.25) is 17.7 Å². The Morgan fingerprint density at radius 2 is 1.89 bits per heavy atom. The number of amides is 4. The number of nitrogens with one attached hydrogen (secondary N) is 3. The number of hydrogen-bond acceptors (Lipinski definition) is 9. The Labute approximate surface area is 305 Å². The number of alkyl halides is 1. The molecule has 14 nitrogen and oxygen atoms in total. The third kappa shape index (κ3) is 8.08. The zero-order valence-corrected chi connectivity index (χ0v) is 29.7. The second kappa shape index (κ2) is 15.2. The normalized spacial score (nSPS) is 20.4. The topological polar surface area (TPSA) is 169 Å². The van der Waals surface area contributed by atoms with Crippen LogP contribution in [0.2, 0.25) is 0 Å². The molecule has 1 unspecified atom stereocenters. The number of carbonyl (C=O) groups excluding carboxylic acids is 4. The van der Waals surface area contributed by atoms with Crippen molar-refractivity contribution in [3.63, 3.8) is 0 Å². The Hall–Kier alpha value is -5.60. The molecule has 53 heavy (non-hydrogen) atoms. The maximum Gasteiger partial charge on any atom is 0.274 e. The summed E-state index contributed by atoms with van der Waals surface area (Å²) < 4.78 is 22.8. The molecule has 3 fully saturated rings. The number of rotatable bonds is 12. The lowest BCUT2D eigenvalue weighted by Crippen LogP contribution is -2.39. The van der Waals surface area contributed by atoms with Crippen LogP contribution in [0.25, 0.3) is 5.65 Å². The second-order valence-electron chi connectivity index (χ2n) is 14.2. The fourth-order valence-corrected chi connectivity index (χ4v) is 7.02. The Morgan fingerprint density at radius 1 is 1.09 bits per heavy atom. The van der Waals surface area contributed by atoms with Gasteiger partial charge in [-0.1, -0.05) is 6.07 Å². The van der Waals surface area contributed by atoms with E-state index in [-0.39, 0.29) is 53.3 Å². The first-order valence-electron chi connectivity index (χ1n) is 18.2. The summed E-state index contributed by atoms with van der Waals surface area (Å²) in [6.07, 6.45) is 9.05. The minimum atomic E-state index is -1.06. The van der Waals surface area contributed by atoms with Crippen LogP contribution in [0.5, 0.6) is 5.75 Å². The molecule has 1 aliphatic carbocycles. The summed E-state index contributed by atoms with van der Waals surface area (Å²) in [4.78, 5) is 74.2. The highest BCUT2D eigenvalue weighted by atomic mass is 19.1. The molecule has 278 valence electrons. The van der Waals surface area contributed by atoms with Gasteiger partial charge in [-0.3, -0.25) is 29.3 Å². The molecule has 0 aromatic carbocycles. The van der Waals surface area contributed by atoms with Crippen LogP contribution >= 0.6 is 0 Å². The number of piperidine rings is 2. The number of aromatic nitrogens is 4. The van der Waals surface area contributed by atoms with Crippen LogP contribution in [0.3, 0.4) is 0 Å². The van der Waals surface area contributed by atoms with E-state index in [1.165, 1.54) is 16.8 Å². The van der Waals surface area contributed by atoms with Crippen molar-refractivity contribution in [2.45, 2.75) is 88.9 Å². The van der Waals surface area contributed by atoms with Crippen molar-refractivity contribution in [1.29, 1.82) is 0 Å². The predicted molar refractivity (Wildman–Crippen MR) is 194 cm³/mol. The van der Waals surface area contributed by atoms with E-state index in [4.69, 9.17) is 9.72 Å². The molecule has 3 atom stereocenters. The highest BCUT2D eigenvalue weighted by Gasteiger charge is 2.40. The number of halogens is 1. The van der Waals surface area contributed by atoms with Crippen LogP contribution in [0.4, 0.5) is 15.9 Å². The van der Waals surface area contributed by atoms with Crippen LogP contribution in [0.1, 0.15) is 98.3 Å². The van der Waals surface area contributed by atoms with E-state index in [1.54, 1.807) is 35.0 Å². The molecule has 7 rings (SSSR count). The Kier molecular flexibility index (Phi) is 10.2. The SMILES string of the molecule is CC(C)Oc1cc2nc(C3CCN(C(=O)CCCNc4ccc(C5CCC(=O)NC5=O)cn4)CC3)cn2cc1C(=O)Nc1cccn([C@H]2C[C@H]2F)c1=O. The van der Waals surface area contributed by atoms with E-state index in [9.17, 15) is 28.4 Å². The average molecular weight is 727 g/mol. The zero-order valence-electron chi connectivity index (χ0n) is 29.7. The molecule has 2 saturated heterocycles. The minimum Gasteiger partial charge on any atom is -0.490 e. The van der Waals surface area contributed by atoms with Gasteiger partial charge in [0.1, 0.15) is 29.1 Å². The van der Waals surface area contributed by atoms with E-state index < -0.39 is 23.7 Å². The van der Waals surface area contributed by atoms with Crippen LogP contribution in [-0.4, -0.2) is 79.4 Å². The Morgan fingerprint density at radius 3 is 2.58 bits per heavy atom. The highest BCUT2D eigenvalue weighted by molar-refractivity contribution is 6.06. The van der Waals surface area contributed by atoms with Gasteiger partial charge in [-0.25, -0.2) is 14.4 Å². The molecular formula is C38H43FN8O6. The van der Waals surface area contributed by atoms with Gasteiger partial charge < -0.3 is 29.2 Å². The standard InChI is InChI=1S/C38H43FN8O6/c1-22(2)53-31-18-33-42-29(21-46(33)20-26(31)37(51)43-28-5-4-14-47(38(28)52)30-17-27(30)39)23-11-15-45(16-12-23)35(49)6-3-13-40-32-9-7-24(19-41-32)25-8-10-34(48)44-36(25)50/h4-5,7,9,14,18-23,25,27,30H,3,6,8,10-13,15-17H2,1-2H3,(H,40,41)(H,43,51)(H,44,48,50)/t25?,27-,30+/m1/s1. The molecule has 4 amide bonds. The van der Waals surface area contributed by atoms with Crippen molar-refractivity contribution in [2.75, 3.05) is 30.3 Å². The highest BCUT2D eigenvalue weighted by Crippen LogP contribution is 2.38. The smallest absolute Gasteiger partial charge is 0.274 e. The van der Waals surface area contributed by atoms with Crippen LogP contribution in [0.15, 0.2) is 59.9 Å². The van der Waals surface area contributed by atoms with E-state index in [0.717, 1.165) is 24.1 Å². The molecule has 4 aromatic rings. The van der Waals surface area contributed by atoms with Crippen molar-refractivity contribution in [3.8, 4) is 5.75 Å². The molecule has 6 heterocycles. The summed E-state index contributed by atoms with van der Waals surface area (Å²) in [7, 11) is 0. The summed E-state index contributed by atoms with van der Waals surface area (Å²) in [5.41, 5.74) is 2.08. The Bertz CT molecular complexity index is 2090. The number of imide groups is 1. The number of ether oxygens (including phenoxy) is 1. The second-order valence-corrected chi connectivity index (χ2v) is 14.2. The summed E-state index contributed by atoms with van der Waals surface area (Å²) in [5, 5.41) is 8.30. The number of likely N-dealkylation sites (tertiary alicyclic amines) is 1. The number of imidazole rings is 1. The first kappa shape index (κ1) is 35.8. The van der Waals surface area contributed by atoms with Gasteiger partial charge in [-0.2, -0.15) is 0 Å².